The first-order valence-corrected chi connectivity index (χ1v) is 6.08. The van der Waals surface area contributed by atoms with Gasteiger partial charge in [-0.05, 0) is 47.9 Å². The first-order chi connectivity index (χ1) is 9.02. The lowest BCUT2D eigenvalue weighted by atomic mass is 10.0. The van der Waals surface area contributed by atoms with Crippen LogP contribution in [0, 0.1) is 6.92 Å². The van der Waals surface area contributed by atoms with Crippen LogP contribution in [0.5, 0.6) is 5.75 Å². The first kappa shape index (κ1) is 13.4. The number of carbonyl (C=O) groups excluding carboxylic acids is 1. The molecule has 2 aromatic carbocycles. The number of aryl methyl sites for hydroxylation is 1. The molecule has 3 nitrogen and oxygen atoms in total. The normalized spacial score (nSPS) is 10.3. The van der Waals surface area contributed by atoms with Gasteiger partial charge in [-0.15, -0.1) is 0 Å². The molecule has 0 saturated heterocycles. The van der Waals surface area contributed by atoms with Crippen LogP contribution in [0.15, 0.2) is 36.4 Å². The second kappa shape index (κ2) is 5.33. The van der Waals surface area contributed by atoms with E-state index in [9.17, 15) is 9.90 Å². The summed E-state index contributed by atoms with van der Waals surface area (Å²) in [5.74, 6) is -0.228. The smallest absolute Gasteiger partial charge is 0.339 e. The summed E-state index contributed by atoms with van der Waals surface area (Å²) in [6, 6.07) is 10.4. The summed E-state index contributed by atoms with van der Waals surface area (Å²) >= 11 is 5.97. The average Bonchev–Trinajstić information content (AvgIpc) is 2.41. The fourth-order valence-electron chi connectivity index (χ4n) is 1.81. The van der Waals surface area contributed by atoms with Crippen molar-refractivity contribution in [1.82, 2.24) is 0 Å². The van der Waals surface area contributed by atoms with Crippen molar-refractivity contribution >= 4 is 17.6 Å². The van der Waals surface area contributed by atoms with Gasteiger partial charge in [0.05, 0.1) is 17.7 Å². The van der Waals surface area contributed by atoms with E-state index in [1.165, 1.54) is 7.11 Å². The minimum atomic E-state index is -0.470. The summed E-state index contributed by atoms with van der Waals surface area (Å²) < 4.78 is 4.69. The molecule has 0 saturated carbocycles. The Labute approximate surface area is 116 Å². The Morgan fingerprint density at radius 1 is 1.16 bits per heavy atom. The van der Waals surface area contributed by atoms with E-state index in [0.29, 0.717) is 10.6 Å². The van der Waals surface area contributed by atoms with Gasteiger partial charge in [-0.1, -0.05) is 23.7 Å². The van der Waals surface area contributed by atoms with E-state index in [1.807, 2.05) is 19.1 Å². The molecule has 98 valence electrons. The van der Waals surface area contributed by atoms with Crippen molar-refractivity contribution in [1.29, 1.82) is 0 Å². The highest BCUT2D eigenvalue weighted by molar-refractivity contribution is 6.33. The number of ether oxygens (including phenoxy) is 1. The van der Waals surface area contributed by atoms with Gasteiger partial charge in [-0.25, -0.2) is 4.79 Å². The highest BCUT2D eigenvalue weighted by Gasteiger charge is 2.12. The summed E-state index contributed by atoms with van der Waals surface area (Å²) in [6.45, 7) is 1.82. The van der Waals surface area contributed by atoms with Crippen molar-refractivity contribution in [3.8, 4) is 16.9 Å². The van der Waals surface area contributed by atoms with Gasteiger partial charge in [0.15, 0.2) is 0 Å². The summed E-state index contributed by atoms with van der Waals surface area (Å²) in [5, 5.41) is 9.87. The van der Waals surface area contributed by atoms with Gasteiger partial charge in [-0.2, -0.15) is 0 Å². The molecule has 2 rings (SSSR count). The highest BCUT2D eigenvalue weighted by Crippen LogP contribution is 2.28. The van der Waals surface area contributed by atoms with E-state index >= 15 is 0 Å². The lowest BCUT2D eigenvalue weighted by molar-refractivity contribution is 0.0601. The van der Waals surface area contributed by atoms with Crippen LogP contribution in [0.2, 0.25) is 5.02 Å². The number of methoxy groups -OCH3 is 1. The number of hydrogen-bond acceptors (Lipinski definition) is 3. The van der Waals surface area contributed by atoms with Gasteiger partial charge >= 0.3 is 5.97 Å². The number of benzene rings is 2. The van der Waals surface area contributed by atoms with Crippen LogP contribution >= 0.6 is 11.6 Å². The van der Waals surface area contributed by atoms with Crippen LogP contribution in [-0.2, 0) is 4.74 Å². The van der Waals surface area contributed by atoms with Crippen molar-refractivity contribution in [3.05, 3.63) is 52.5 Å². The van der Waals surface area contributed by atoms with Crippen molar-refractivity contribution in [2.75, 3.05) is 7.11 Å². The van der Waals surface area contributed by atoms with E-state index in [2.05, 4.69) is 4.74 Å². The number of hydrogen-bond donors (Lipinski definition) is 1. The molecule has 2 aromatic rings. The molecular formula is C15H13ClO3. The van der Waals surface area contributed by atoms with Crippen molar-refractivity contribution in [2.24, 2.45) is 0 Å². The Kier molecular flexibility index (Phi) is 3.76. The molecule has 0 aliphatic carbocycles. The number of esters is 1. The SMILES string of the molecule is COC(=O)c1cc(-c2ccc(O)c(C)c2)ccc1Cl. The first-order valence-electron chi connectivity index (χ1n) is 5.71. The van der Waals surface area contributed by atoms with Gasteiger partial charge < -0.3 is 9.84 Å². The minimum Gasteiger partial charge on any atom is -0.508 e. The van der Waals surface area contributed by atoms with Crippen LogP contribution < -0.4 is 0 Å². The number of aromatic hydroxyl groups is 1. The lowest BCUT2D eigenvalue weighted by Gasteiger charge is -2.08. The molecule has 0 amide bonds. The maximum atomic E-state index is 11.6. The number of phenols is 1. The second-order valence-corrected chi connectivity index (χ2v) is 4.59. The maximum Gasteiger partial charge on any atom is 0.339 e. The molecule has 0 bridgehead atoms. The number of rotatable bonds is 2. The van der Waals surface area contributed by atoms with E-state index in [0.717, 1.165) is 16.7 Å². The molecule has 0 radical (unpaired) electrons. The molecule has 0 heterocycles. The zero-order chi connectivity index (χ0) is 14.0. The number of carbonyl (C=O) groups is 1. The Bertz CT molecular complexity index is 635. The van der Waals surface area contributed by atoms with Gasteiger partial charge in [0.25, 0.3) is 0 Å². The molecular weight excluding hydrogens is 264 g/mol. The van der Waals surface area contributed by atoms with Crippen LogP contribution in [0.4, 0.5) is 0 Å². The topological polar surface area (TPSA) is 46.5 Å². The number of phenolic OH excluding ortho intramolecular Hbond substituents is 1. The monoisotopic (exact) mass is 276 g/mol. The Balaban J connectivity index is 2.51. The average molecular weight is 277 g/mol. The summed E-state index contributed by atoms with van der Waals surface area (Å²) in [5.41, 5.74) is 2.84. The van der Waals surface area contributed by atoms with Gasteiger partial charge in [0, 0.05) is 0 Å². The van der Waals surface area contributed by atoms with E-state index < -0.39 is 5.97 Å². The third-order valence-electron chi connectivity index (χ3n) is 2.90. The van der Waals surface area contributed by atoms with Gasteiger partial charge in [0.2, 0.25) is 0 Å². The molecule has 4 heteroatoms. The molecule has 0 spiro atoms. The minimum absolute atomic E-state index is 0.242. The van der Waals surface area contributed by atoms with E-state index in [4.69, 9.17) is 11.6 Å². The molecule has 0 aliphatic rings. The maximum absolute atomic E-state index is 11.6. The fourth-order valence-corrected chi connectivity index (χ4v) is 2.00. The second-order valence-electron chi connectivity index (χ2n) is 4.19. The highest BCUT2D eigenvalue weighted by atomic mass is 35.5. The third kappa shape index (κ3) is 2.71. The molecule has 0 aliphatic heterocycles. The standard InChI is InChI=1S/C15H13ClO3/c1-9-7-10(4-6-14(9)17)11-3-5-13(16)12(8-11)15(18)19-2/h3-8,17H,1-2H3. The Hall–Kier alpha value is -2.00. The zero-order valence-corrected chi connectivity index (χ0v) is 11.4. The molecule has 0 fully saturated rings. The summed E-state index contributed by atoms with van der Waals surface area (Å²) in [4.78, 5) is 11.6. The van der Waals surface area contributed by atoms with E-state index in [1.54, 1.807) is 24.3 Å². The summed E-state index contributed by atoms with van der Waals surface area (Å²) in [6.07, 6.45) is 0. The predicted molar refractivity (Wildman–Crippen MR) is 74.6 cm³/mol. The molecule has 1 N–H and O–H groups in total. The molecule has 0 unspecified atom stereocenters. The van der Waals surface area contributed by atoms with Crippen LogP contribution in [0.25, 0.3) is 11.1 Å². The van der Waals surface area contributed by atoms with E-state index in [-0.39, 0.29) is 5.75 Å². The molecule has 0 atom stereocenters. The predicted octanol–water partition coefficient (Wildman–Crippen LogP) is 3.81. The number of halogens is 1. The van der Waals surface area contributed by atoms with Crippen molar-refractivity contribution in [2.45, 2.75) is 6.92 Å². The van der Waals surface area contributed by atoms with Crippen molar-refractivity contribution in [3.63, 3.8) is 0 Å². The zero-order valence-electron chi connectivity index (χ0n) is 10.6. The Morgan fingerprint density at radius 2 is 1.79 bits per heavy atom. The van der Waals surface area contributed by atoms with Crippen LogP contribution in [0.1, 0.15) is 15.9 Å². The van der Waals surface area contributed by atoms with Gasteiger partial charge in [0.1, 0.15) is 5.75 Å². The Morgan fingerprint density at radius 3 is 2.42 bits per heavy atom. The van der Waals surface area contributed by atoms with Crippen LogP contribution in [0.3, 0.4) is 0 Å². The molecule has 0 aromatic heterocycles. The van der Waals surface area contributed by atoms with Crippen molar-refractivity contribution < 1.29 is 14.6 Å². The quantitative estimate of drug-likeness (QED) is 0.849. The lowest BCUT2D eigenvalue weighted by Crippen LogP contribution is -2.02. The largest absolute Gasteiger partial charge is 0.508 e. The third-order valence-corrected chi connectivity index (χ3v) is 3.23. The molecule has 19 heavy (non-hydrogen) atoms. The van der Waals surface area contributed by atoms with Crippen LogP contribution in [-0.4, -0.2) is 18.2 Å². The fraction of sp³-hybridized carbons (Fsp3) is 0.133. The van der Waals surface area contributed by atoms with Gasteiger partial charge in [-0.3, -0.25) is 0 Å². The summed E-state index contributed by atoms with van der Waals surface area (Å²) in [7, 11) is 1.32.